The van der Waals surface area contributed by atoms with Crippen molar-refractivity contribution >= 4 is 16.9 Å². The number of nitrogens with zero attached hydrogens (tertiary/aromatic N) is 1. The van der Waals surface area contributed by atoms with Crippen LogP contribution in [0.1, 0.15) is 37.7 Å². The minimum atomic E-state index is -0.921. The molecule has 1 aromatic heterocycles. The molecule has 1 aliphatic rings. The highest BCUT2D eigenvalue weighted by atomic mass is 19.1. The van der Waals surface area contributed by atoms with Crippen LogP contribution in [-0.4, -0.2) is 15.6 Å². The molecular weight excluding hydrogens is 269 g/mol. The molecule has 0 unspecified atom stereocenters. The monoisotopic (exact) mass is 289 g/mol. The maximum absolute atomic E-state index is 14.1. The highest BCUT2D eigenvalue weighted by molar-refractivity contribution is 5.88. The van der Waals surface area contributed by atoms with Gasteiger partial charge in [-0.25, -0.2) is 4.39 Å². The number of benzene rings is 1. The Kier molecular flexibility index (Phi) is 3.95. The van der Waals surface area contributed by atoms with Gasteiger partial charge < -0.3 is 9.67 Å². The van der Waals surface area contributed by atoms with Gasteiger partial charge in [0.1, 0.15) is 5.82 Å². The molecule has 0 radical (unpaired) electrons. The SMILES string of the molecule is O=C(O)Cc1cn(CC2CCCCC2)c2cccc(F)c12. The molecule has 1 fully saturated rings. The average molecular weight is 289 g/mol. The summed E-state index contributed by atoms with van der Waals surface area (Å²) >= 11 is 0. The molecule has 3 nitrogen and oxygen atoms in total. The Bertz CT molecular complexity index is 656. The first kappa shape index (κ1) is 14.1. The fourth-order valence-corrected chi connectivity index (χ4v) is 3.49. The molecule has 0 spiro atoms. The first-order valence-corrected chi connectivity index (χ1v) is 7.63. The summed E-state index contributed by atoms with van der Waals surface area (Å²) in [6, 6.07) is 4.98. The number of carboxylic acid groups (broad SMARTS) is 1. The second-order valence-corrected chi connectivity index (χ2v) is 6.02. The van der Waals surface area contributed by atoms with Crippen molar-refractivity contribution in [1.82, 2.24) is 4.57 Å². The largest absolute Gasteiger partial charge is 0.481 e. The van der Waals surface area contributed by atoms with Gasteiger partial charge in [0, 0.05) is 18.1 Å². The normalized spacial score (nSPS) is 16.4. The van der Waals surface area contributed by atoms with E-state index in [4.69, 9.17) is 5.11 Å². The smallest absolute Gasteiger partial charge is 0.307 e. The summed E-state index contributed by atoms with van der Waals surface area (Å²) in [6.07, 6.45) is 7.96. The van der Waals surface area contributed by atoms with Crippen LogP contribution in [0.4, 0.5) is 4.39 Å². The number of hydrogen-bond acceptors (Lipinski definition) is 1. The fourth-order valence-electron chi connectivity index (χ4n) is 3.49. The third kappa shape index (κ3) is 2.94. The quantitative estimate of drug-likeness (QED) is 0.924. The van der Waals surface area contributed by atoms with Crippen molar-refractivity contribution in [1.29, 1.82) is 0 Å². The van der Waals surface area contributed by atoms with Crippen LogP contribution < -0.4 is 0 Å². The number of aromatic nitrogens is 1. The van der Waals surface area contributed by atoms with Crippen molar-refractivity contribution in [2.24, 2.45) is 5.92 Å². The van der Waals surface area contributed by atoms with E-state index in [0.29, 0.717) is 16.9 Å². The Balaban J connectivity index is 1.97. The Morgan fingerprint density at radius 1 is 1.29 bits per heavy atom. The van der Waals surface area contributed by atoms with Gasteiger partial charge in [0.05, 0.1) is 11.9 Å². The van der Waals surface area contributed by atoms with Crippen LogP contribution in [0.2, 0.25) is 0 Å². The van der Waals surface area contributed by atoms with Gasteiger partial charge in [-0.15, -0.1) is 0 Å². The van der Waals surface area contributed by atoms with E-state index < -0.39 is 5.97 Å². The third-order valence-corrected chi connectivity index (χ3v) is 4.46. The Labute approximate surface area is 123 Å². The predicted octanol–water partition coefficient (Wildman–Crippen LogP) is 3.99. The van der Waals surface area contributed by atoms with Crippen LogP contribution in [0.25, 0.3) is 10.9 Å². The Hall–Kier alpha value is -1.84. The van der Waals surface area contributed by atoms with E-state index in [2.05, 4.69) is 0 Å². The van der Waals surface area contributed by atoms with E-state index in [1.807, 2.05) is 16.8 Å². The number of aliphatic carboxylic acids is 1. The number of fused-ring (bicyclic) bond motifs is 1. The molecule has 0 saturated heterocycles. The highest BCUT2D eigenvalue weighted by Crippen LogP contribution is 2.29. The number of carboxylic acids is 1. The number of rotatable bonds is 4. The van der Waals surface area contributed by atoms with E-state index in [9.17, 15) is 9.18 Å². The minimum absolute atomic E-state index is 0.130. The summed E-state index contributed by atoms with van der Waals surface area (Å²) in [5, 5.41) is 9.48. The molecule has 0 bridgehead atoms. The van der Waals surface area contributed by atoms with Crippen LogP contribution in [0, 0.1) is 11.7 Å². The summed E-state index contributed by atoms with van der Waals surface area (Å²) < 4.78 is 16.1. The molecule has 1 heterocycles. The summed E-state index contributed by atoms with van der Waals surface area (Å²) in [5.41, 5.74) is 1.39. The molecule has 0 atom stereocenters. The number of carbonyl (C=O) groups is 1. The zero-order valence-electron chi connectivity index (χ0n) is 12.0. The van der Waals surface area contributed by atoms with Gasteiger partial charge in [-0.1, -0.05) is 25.3 Å². The van der Waals surface area contributed by atoms with Crippen molar-refractivity contribution in [2.45, 2.75) is 45.1 Å². The van der Waals surface area contributed by atoms with Crippen molar-refractivity contribution in [3.63, 3.8) is 0 Å². The molecule has 1 N–H and O–H groups in total. The predicted molar refractivity (Wildman–Crippen MR) is 79.8 cm³/mol. The lowest BCUT2D eigenvalue weighted by atomic mass is 9.89. The van der Waals surface area contributed by atoms with Gasteiger partial charge in [0.25, 0.3) is 0 Å². The molecule has 3 rings (SSSR count). The first-order valence-electron chi connectivity index (χ1n) is 7.63. The van der Waals surface area contributed by atoms with Crippen molar-refractivity contribution in [3.05, 3.63) is 35.8 Å². The summed E-state index contributed by atoms with van der Waals surface area (Å²) in [5.74, 6) is -0.628. The van der Waals surface area contributed by atoms with Crippen molar-refractivity contribution in [2.75, 3.05) is 0 Å². The fraction of sp³-hybridized carbons (Fsp3) is 0.471. The second-order valence-electron chi connectivity index (χ2n) is 6.02. The van der Waals surface area contributed by atoms with Crippen LogP contribution in [-0.2, 0) is 17.8 Å². The molecule has 0 aliphatic heterocycles. The second kappa shape index (κ2) is 5.88. The van der Waals surface area contributed by atoms with Crippen LogP contribution in [0.3, 0.4) is 0 Å². The highest BCUT2D eigenvalue weighted by Gasteiger charge is 2.18. The maximum Gasteiger partial charge on any atom is 0.307 e. The van der Waals surface area contributed by atoms with E-state index in [1.54, 1.807) is 6.07 Å². The zero-order chi connectivity index (χ0) is 14.8. The maximum atomic E-state index is 14.1. The topological polar surface area (TPSA) is 42.2 Å². The van der Waals surface area contributed by atoms with Crippen LogP contribution in [0.15, 0.2) is 24.4 Å². The summed E-state index contributed by atoms with van der Waals surface area (Å²) in [7, 11) is 0. The lowest BCUT2D eigenvalue weighted by molar-refractivity contribution is -0.136. The molecule has 1 saturated carbocycles. The van der Waals surface area contributed by atoms with E-state index >= 15 is 0 Å². The lowest BCUT2D eigenvalue weighted by Gasteiger charge is -2.22. The van der Waals surface area contributed by atoms with Crippen LogP contribution >= 0.6 is 0 Å². The first-order chi connectivity index (χ1) is 10.1. The number of hydrogen-bond donors (Lipinski definition) is 1. The van der Waals surface area contributed by atoms with Gasteiger partial charge in [-0.2, -0.15) is 0 Å². The van der Waals surface area contributed by atoms with Gasteiger partial charge in [-0.3, -0.25) is 4.79 Å². The third-order valence-electron chi connectivity index (χ3n) is 4.46. The Morgan fingerprint density at radius 2 is 2.05 bits per heavy atom. The summed E-state index contributed by atoms with van der Waals surface area (Å²) in [6.45, 7) is 0.861. The minimum Gasteiger partial charge on any atom is -0.481 e. The molecule has 4 heteroatoms. The van der Waals surface area contributed by atoms with Gasteiger partial charge in [0.2, 0.25) is 0 Å². The van der Waals surface area contributed by atoms with Crippen LogP contribution in [0.5, 0.6) is 0 Å². The van der Waals surface area contributed by atoms with Gasteiger partial charge in [0.15, 0.2) is 0 Å². The molecule has 2 aromatic rings. The van der Waals surface area contributed by atoms with E-state index in [-0.39, 0.29) is 12.2 Å². The number of halogens is 1. The summed E-state index contributed by atoms with van der Waals surface area (Å²) in [4.78, 5) is 11.0. The zero-order valence-corrected chi connectivity index (χ0v) is 12.0. The van der Waals surface area contributed by atoms with E-state index in [1.165, 1.54) is 38.2 Å². The standard InChI is InChI=1S/C17H20FNO2/c18-14-7-4-8-15-17(14)13(9-16(20)21)11-19(15)10-12-5-2-1-3-6-12/h4,7-8,11-12H,1-3,5-6,9-10H2,(H,20,21). The van der Waals surface area contributed by atoms with Gasteiger partial charge >= 0.3 is 5.97 Å². The molecule has 21 heavy (non-hydrogen) atoms. The molecular formula is C17H20FNO2. The molecule has 1 aliphatic carbocycles. The van der Waals surface area contributed by atoms with E-state index in [0.717, 1.165) is 12.1 Å². The van der Waals surface area contributed by atoms with Crippen molar-refractivity contribution in [3.8, 4) is 0 Å². The average Bonchev–Trinajstić information content (AvgIpc) is 2.78. The van der Waals surface area contributed by atoms with Crippen molar-refractivity contribution < 1.29 is 14.3 Å². The van der Waals surface area contributed by atoms with Gasteiger partial charge in [-0.05, 0) is 36.5 Å². The lowest BCUT2D eigenvalue weighted by Crippen LogP contribution is -2.13. The molecule has 112 valence electrons. The molecule has 1 aromatic carbocycles. The Morgan fingerprint density at radius 3 is 2.76 bits per heavy atom. The molecule has 0 amide bonds.